The quantitative estimate of drug-likeness (QED) is 0.460. The van der Waals surface area contributed by atoms with Crippen LogP contribution in [-0.2, 0) is 4.74 Å². The highest BCUT2D eigenvalue weighted by molar-refractivity contribution is 5.53. The number of ether oxygens (including phenoxy) is 1. The lowest BCUT2D eigenvalue weighted by Crippen LogP contribution is -2.37. The van der Waals surface area contributed by atoms with E-state index < -0.39 is 0 Å². The van der Waals surface area contributed by atoms with Crippen LogP contribution in [0.15, 0.2) is 4.99 Å². The van der Waals surface area contributed by atoms with Gasteiger partial charge in [-0.15, -0.1) is 0 Å². The van der Waals surface area contributed by atoms with Crippen molar-refractivity contribution >= 4 is 6.21 Å². The molecule has 1 rings (SSSR count). The van der Waals surface area contributed by atoms with Gasteiger partial charge < -0.3 is 4.74 Å². The molecule has 1 fully saturated rings. The molecule has 0 aliphatic carbocycles. The molecule has 0 radical (unpaired) electrons. The third-order valence-corrected chi connectivity index (χ3v) is 2.05. The minimum Gasteiger partial charge on any atom is -0.379 e. The Morgan fingerprint density at radius 1 is 1.42 bits per heavy atom. The van der Waals surface area contributed by atoms with Crippen molar-refractivity contribution in [2.75, 3.05) is 39.4 Å². The van der Waals surface area contributed by atoms with Crippen molar-refractivity contribution in [3.63, 3.8) is 0 Å². The van der Waals surface area contributed by atoms with E-state index in [0.717, 1.165) is 32.8 Å². The summed E-state index contributed by atoms with van der Waals surface area (Å²) in [4.78, 5) is 6.61. The van der Waals surface area contributed by atoms with Gasteiger partial charge in [-0.1, -0.05) is 0 Å². The van der Waals surface area contributed by atoms with Crippen LogP contribution >= 0.6 is 0 Å². The van der Waals surface area contributed by atoms with Crippen molar-refractivity contribution in [2.24, 2.45) is 4.99 Å². The molecule has 70 valence electrons. The van der Waals surface area contributed by atoms with E-state index in [0.29, 0.717) is 0 Å². The van der Waals surface area contributed by atoms with Crippen LogP contribution in [0.5, 0.6) is 0 Å². The number of nitrogens with zero attached hydrogens (tertiary/aromatic N) is 2. The Morgan fingerprint density at radius 3 is 2.83 bits per heavy atom. The number of morpholine rings is 1. The van der Waals surface area contributed by atoms with Crippen LogP contribution in [0.2, 0.25) is 0 Å². The summed E-state index contributed by atoms with van der Waals surface area (Å²) >= 11 is 0. The van der Waals surface area contributed by atoms with Gasteiger partial charge in [-0.25, -0.2) is 0 Å². The van der Waals surface area contributed by atoms with Crippen molar-refractivity contribution in [1.82, 2.24) is 4.90 Å². The largest absolute Gasteiger partial charge is 0.379 e. The van der Waals surface area contributed by atoms with Crippen LogP contribution in [0.4, 0.5) is 0 Å². The van der Waals surface area contributed by atoms with Gasteiger partial charge in [0.25, 0.3) is 0 Å². The highest BCUT2D eigenvalue weighted by Crippen LogP contribution is 1.97. The van der Waals surface area contributed by atoms with Crippen LogP contribution in [0.1, 0.15) is 13.3 Å². The fourth-order valence-electron chi connectivity index (χ4n) is 1.34. The summed E-state index contributed by atoms with van der Waals surface area (Å²) < 4.78 is 5.26. The maximum absolute atomic E-state index is 5.26. The maximum Gasteiger partial charge on any atom is 0.0594 e. The lowest BCUT2D eigenvalue weighted by Gasteiger charge is -2.26. The molecule has 1 heterocycles. The smallest absolute Gasteiger partial charge is 0.0594 e. The van der Waals surface area contributed by atoms with Gasteiger partial charge in [0.2, 0.25) is 0 Å². The van der Waals surface area contributed by atoms with Crippen LogP contribution in [-0.4, -0.2) is 50.5 Å². The van der Waals surface area contributed by atoms with Gasteiger partial charge in [0.1, 0.15) is 0 Å². The number of aliphatic imine (C=N–C) groups is 1. The summed E-state index contributed by atoms with van der Waals surface area (Å²) in [6.07, 6.45) is 3.05. The minimum absolute atomic E-state index is 0.900. The standard InChI is InChI=1S/C9H18N2O/c1-2-10-4-3-5-11-6-8-12-9-7-11/h2H,3-9H2,1H3. The molecule has 0 aromatic heterocycles. The summed E-state index contributed by atoms with van der Waals surface area (Å²) in [5.74, 6) is 0. The topological polar surface area (TPSA) is 24.8 Å². The summed E-state index contributed by atoms with van der Waals surface area (Å²) in [5.41, 5.74) is 0. The monoisotopic (exact) mass is 170 g/mol. The second kappa shape index (κ2) is 6.14. The molecular formula is C9H18N2O. The van der Waals surface area contributed by atoms with E-state index in [-0.39, 0.29) is 0 Å². The Bertz CT molecular complexity index is 130. The zero-order valence-corrected chi connectivity index (χ0v) is 7.83. The van der Waals surface area contributed by atoms with E-state index in [2.05, 4.69) is 9.89 Å². The molecular weight excluding hydrogens is 152 g/mol. The van der Waals surface area contributed by atoms with Crippen molar-refractivity contribution in [1.29, 1.82) is 0 Å². The Labute approximate surface area is 74.4 Å². The molecule has 12 heavy (non-hydrogen) atoms. The van der Waals surface area contributed by atoms with Crippen LogP contribution in [0.3, 0.4) is 0 Å². The zero-order valence-electron chi connectivity index (χ0n) is 7.83. The van der Waals surface area contributed by atoms with Crippen LogP contribution < -0.4 is 0 Å². The third-order valence-electron chi connectivity index (χ3n) is 2.05. The molecule has 0 saturated carbocycles. The molecule has 3 heteroatoms. The van der Waals surface area contributed by atoms with E-state index in [1.54, 1.807) is 0 Å². The van der Waals surface area contributed by atoms with Gasteiger partial charge >= 0.3 is 0 Å². The first-order valence-corrected chi connectivity index (χ1v) is 4.68. The number of hydrogen-bond donors (Lipinski definition) is 0. The Kier molecular flexibility index (Phi) is 4.95. The Hall–Kier alpha value is -0.410. The minimum atomic E-state index is 0.900. The fourth-order valence-corrected chi connectivity index (χ4v) is 1.34. The number of hydrogen-bond acceptors (Lipinski definition) is 3. The fraction of sp³-hybridized carbons (Fsp3) is 0.889. The molecule has 0 spiro atoms. The molecule has 0 aromatic rings. The SMILES string of the molecule is CC=NCCCN1CCOCC1. The Balaban J connectivity index is 1.97. The maximum atomic E-state index is 5.26. The summed E-state index contributed by atoms with van der Waals surface area (Å²) in [5, 5.41) is 0. The molecule has 1 aliphatic heterocycles. The lowest BCUT2D eigenvalue weighted by atomic mass is 10.3. The van der Waals surface area contributed by atoms with Gasteiger partial charge in [-0.3, -0.25) is 9.89 Å². The van der Waals surface area contributed by atoms with E-state index in [9.17, 15) is 0 Å². The summed E-state index contributed by atoms with van der Waals surface area (Å²) in [6.45, 7) is 8.09. The van der Waals surface area contributed by atoms with Gasteiger partial charge in [0.05, 0.1) is 13.2 Å². The van der Waals surface area contributed by atoms with Gasteiger partial charge in [0.15, 0.2) is 0 Å². The highest BCUT2D eigenvalue weighted by atomic mass is 16.5. The summed E-state index contributed by atoms with van der Waals surface area (Å²) in [7, 11) is 0. The van der Waals surface area contributed by atoms with Crippen molar-refractivity contribution in [3.8, 4) is 0 Å². The predicted octanol–water partition coefficient (Wildman–Crippen LogP) is 0.799. The van der Waals surface area contributed by atoms with Crippen molar-refractivity contribution in [3.05, 3.63) is 0 Å². The first kappa shape index (κ1) is 9.68. The average Bonchev–Trinajstić information content (AvgIpc) is 2.14. The molecule has 1 aliphatic rings. The molecule has 1 saturated heterocycles. The molecule has 0 N–H and O–H groups in total. The molecule has 3 nitrogen and oxygen atoms in total. The summed E-state index contributed by atoms with van der Waals surface area (Å²) in [6, 6.07) is 0. The zero-order chi connectivity index (χ0) is 8.65. The van der Waals surface area contributed by atoms with Gasteiger partial charge in [-0.05, 0) is 19.6 Å². The van der Waals surface area contributed by atoms with Gasteiger partial charge in [0, 0.05) is 26.2 Å². The number of rotatable bonds is 4. The Morgan fingerprint density at radius 2 is 2.17 bits per heavy atom. The molecule has 0 atom stereocenters. The normalized spacial score (nSPS) is 20.4. The van der Waals surface area contributed by atoms with Crippen LogP contribution in [0, 0.1) is 0 Å². The highest BCUT2D eigenvalue weighted by Gasteiger charge is 2.08. The van der Waals surface area contributed by atoms with Crippen molar-refractivity contribution < 1.29 is 4.74 Å². The van der Waals surface area contributed by atoms with E-state index >= 15 is 0 Å². The predicted molar refractivity (Wildman–Crippen MR) is 50.9 cm³/mol. The van der Waals surface area contributed by atoms with E-state index in [1.165, 1.54) is 13.0 Å². The average molecular weight is 170 g/mol. The lowest BCUT2D eigenvalue weighted by molar-refractivity contribution is 0.0377. The van der Waals surface area contributed by atoms with Crippen LogP contribution in [0.25, 0.3) is 0 Å². The molecule has 0 unspecified atom stereocenters. The van der Waals surface area contributed by atoms with E-state index in [1.807, 2.05) is 13.1 Å². The van der Waals surface area contributed by atoms with Gasteiger partial charge in [-0.2, -0.15) is 0 Å². The molecule has 0 aromatic carbocycles. The first-order valence-electron chi connectivity index (χ1n) is 4.68. The first-order chi connectivity index (χ1) is 5.93. The molecule has 0 bridgehead atoms. The van der Waals surface area contributed by atoms with E-state index in [4.69, 9.17) is 4.74 Å². The second-order valence-corrected chi connectivity index (χ2v) is 2.97. The second-order valence-electron chi connectivity index (χ2n) is 2.97. The van der Waals surface area contributed by atoms with Crippen molar-refractivity contribution in [2.45, 2.75) is 13.3 Å². The molecule has 0 amide bonds. The third kappa shape index (κ3) is 3.83.